The molecule has 1 aliphatic rings. The van der Waals surface area contributed by atoms with Gasteiger partial charge in [-0.1, -0.05) is 19.1 Å². The molecule has 0 spiro atoms. The van der Waals surface area contributed by atoms with Crippen molar-refractivity contribution in [1.82, 2.24) is 9.78 Å². The van der Waals surface area contributed by atoms with Crippen molar-refractivity contribution in [3.05, 3.63) is 29.5 Å². The first kappa shape index (κ1) is 9.85. The summed E-state index contributed by atoms with van der Waals surface area (Å²) >= 11 is 0. The maximum atomic E-state index is 6.20. The summed E-state index contributed by atoms with van der Waals surface area (Å²) < 4.78 is 1.98. The molecule has 1 saturated carbocycles. The van der Waals surface area contributed by atoms with E-state index < -0.39 is 0 Å². The lowest BCUT2D eigenvalue weighted by molar-refractivity contribution is 0.726. The molecule has 0 atom stereocenters. The Morgan fingerprint density at radius 3 is 2.81 bits per heavy atom. The van der Waals surface area contributed by atoms with Crippen molar-refractivity contribution >= 4 is 10.9 Å². The molecule has 1 aromatic carbocycles. The first-order chi connectivity index (χ1) is 7.64. The van der Waals surface area contributed by atoms with Gasteiger partial charge < -0.3 is 5.73 Å². The second-order valence-electron chi connectivity index (χ2n) is 4.81. The van der Waals surface area contributed by atoms with Crippen molar-refractivity contribution in [2.75, 3.05) is 0 Å². The van der Waals surface area contributed by atoms with E-state index in [0.717, 1.165) is 24.8 Å². The zero-order valence-corrected chi connectivity index (χ0v) is 9.83. The maximum absolute atomic E-state index is 6.20. The van der Waals surface area contributed by atoms with Gasteiger partial charge in [0.1, 0.15) is 0 Å². The van der Waals surface area contributed by atoms with Gasteiger partial charge in [0.25, 0.3) is 0 Å². The molecule has 3 nitrogen and oxygen atoms in total. The van der Waals surface area contributed by atoms with Crippen LogP contribution in [0.5, 0.6) is 0 Å². The fourth-order valence-corrected chi connectivity index (χ4v) is 2.41. The van der Waals surface area contributed by atoms with Crippen LogP contribution in [0.2, 0.25) is 0 Å². The van der Waals surface area contributed by atoms with Crippen molar-refractivity contribution in [3.8, 4) is 0 Å². The molecule has 2 aromatic rings. The minimum Gasteiger partial charge on any atom is -0.321 e. The molecule has 2 N–H and O–H groups in total. The van der Waals surface area contributed by atoms with Gasteiger partial charge in [0.15, 0.2) is 0 Å². The molecular formula is C13H17N3. The van der Waals surface area contributed by atoms with Crippen molar-refractivity contribution in [2.45, 2.75) is 31.7 Å². The average molecular weight is 215 g/mol. The number of hydrogen-bond acceptors (Lipinski definition) is 2. The number of nitrogens with two attached hydrogens (primary N) is 1. The van der Waals surface area contributed by atoms with Crippen LogP contribution in [0.4, 0.5) is 0 Å². The number of benzene rings is 1. The summed E-state index contributed by atoms with van der Waals surface area (Å²) in [6.07, 6.45) is 3.22. The number of aryl methyl sites for hydroxylation is 2. The van der Waals surface area contributed by atoms with Gasteiger partial charge in [0, 0.05) is 23.7 Å². The SMILES string of the molecule is CCc1c2ccc(C3(N)CC3)cc2nn1C. The second kappa shape index (κ2) is 3.08. The fourth-order valence-electron chi connectivity index (χ4n) is 2.41. The van der Waals surface area contributed by atoms with E-state index in [9.17, 15) is 0 Å². The lowest BCUT2D eigenvalue weighted by Crippen LogP contribution is -2.18. The van der Waals surface area contributed by atoms with Crippen molar-refractivity contribution in [2.24, 2.45) is 12.8 Å². The third kappa shape index (κ3) is 1.28. The lowest BCUT2D eigenvalue weighted by atomic mass is 10.0. The van der Waals surface area contributed by atoms with Gasteiger partial charge in [-0.05, 0) is 30.9 Å². The molecule has 1 heterocycles. The summed E-state index contributed by atoms with van der Waals surface area (Å²) in [6.45, 7) is 2.16. The van der Waals surface area contributed by atoms with Crippen LogP contribution < -0.4 is 5.73 Å². The third-order valence-electron chi connectivity index (χ3n) is 3.66. The highest BCUT2D eigenvalue weighted by atomic mass is 15.3. The summed E-state index contributed by atoms with van der Waals surface area (Å²) in [5.74, 6) is 0. The van der Waals surface area contributed by atoms with E-state index in [0.29, 0.717) is 0 Å². The van der Waals surface area contributed by atoms with Gasteiger partial charge >= 0.3 is 0 Å². The Bertz CT molecular complexity index is 550. The largest absolute Gasteiger partial charge is 0.321 e. The minimum atomic E-state index is -0.0575. The minimum absolute atomic E-state index is 0.0575. The van der Waals surface area contributed by atoms with E-state index in [-0.39, 0.29) is 5.54 Å². The molecule has 1 aromatic heterocycles. The number of fused-ring (bicyclic) bond motifs is 1. The van der Waals surface area contributed by atoms with Crippen LogP contribution in [-0.4, -0.2) is 9.78 Å². The van der Waals surface area contributed by atoms with E-state index in [1.807, 2.05) is 11.7 Å². The third-order valence-corrected chi connectivity index (χ3v) is 3.66. The molecule has 1 fully saturated rings. The Hall–Kier alpha value is -1.35. The van der Waals surface area contributed by atoms with Gasteiger partial charge in [-0.2, -0.15) is 5.10 Å². The van der Waals surface area contributed by atoms with Crippen LogP contribution in [0.3, 0.4) is 0 Å². The Morgan fingerprint density at radius 2 is 2.19 bits per heavy atom. The standard InChI is InChI=1S/C13H17N3/c1-3-12-10-5-4-9(13(14)6-7-13)8-11(10)15-16(12)2/h4-5,8H,3,6-7,14H2,1-2H3. The van der Waals surface area contributed by atoms with Crippen LogP contribution in [0.15, 0.2) is 18.2 Å². The van der Waals surface area contributed by atoms with E-state index in [1.165, 1.54) is 16.6 Å². The van der Waals surface area contributed by atoms with Crippen LogP contribution in [0.1, 0.15) is 31.0 Å². The van der Waals surface area contributed by atoms with Gasteiger partial charge in [-0.15, -0.1) is 0 Å². The zero-order chi connectivity index (χ0) is 11.3. The summed E-state index contributed by atoms with van der Waals surface area (Å²) in [5.41, 5.74) is 9.75. The zero-order valence-electron chi connectivity index (χ0n) is 9.83. The monoisotopic (exact) mass is 215 g/mol. The molecule has 1 aliphatic carbocycles. The number of aromatic nitrogens is 2. The molecule has 0 amide bonds. The molecule has 3 rings (SSSR count). The summed E-state index contributed by atoms with van der Waals surface area (Å²) in [7, 11) is 2.01. The van der Waals surface area contributed by atoms with Crippen LogP contribution in [0, 0.1) is 0 Å². The smallest absolute Gasteiger partial charge is 0.0929 e. The van der Waals surface area contributed by atoms with E-state index >= 15 is 0 Å². The molecule has 84 valence electrons. The van der Waals surface area contributed by atoms with E-state index in [2.05, 4.69) is 30.2 Å². The number of rotatable bonds is 2. The average Bonchev–Trinajstić information content (AvgIpc) is 2.93. The van der Waals surface area contributed by atoms with Crippen molar-refractivity contribution < 1.29 is 0 Å². The highest BCUT2D eigenvalue weighted by molar-refractivity contribution is 5.82. The Labute approximate surface area is 95.2 Å². The van der Waals surface area contributed by atoms with Crippen LogP contribution >= 0.6 is 0 Å². The van der Waals surface area contributed by atoms with Gasteiger partial charge in [-0.25, -0.2) is 0 Å². The summed E-state index contributed by atoms with van der Waals surface area (Å²) in [4.78, 5) is 0. The summed E-state index contributed by atoms with van der Waals surface area (Å²) in [5, 5.41) is 5.81. The van der Waals surface area contributed by atoms with Crippen LogP contribution in [-0.2, 0) is 19.0 Å². The Balaban J connectivity index is 2.19. The number of hydrogen-bond donors (Lipinski definition) is 1. The molecule has 0 unspecified atom stereocenters. The molecule has 16 heavy (non-hydrogen) atoms. The predicted molar refractivity (Wildman–Crippen MR) is 65.2 cm³/mol. The molecule has 0 aliphatic heterocycles. The molecule has 0 saturated heterocycles. The quantitative estimate of drug-likeness (QED) is 0.833. The predicted octanol–water partition coefficient (Wildman–Crippen LogP) is 2.08. The van der Waals surface area contributed by atoms with Gasteiger partial charge in [0.05, 0.1) is 5.52 Å². The topological polar surface area (TPSA) is 43.8 Å². The maximum Gasteiger partial charge on any atom is 0.0929 e. The first-order valence-corrected chi connectivity index (χ1v) is 5.89. The van der Waals surface area contributed by atoms with Gasteiger partial charge in [0.2, 0.25) is 0 Å². The first-order valence-electron chi connectivity index (χ1n) is 5.89. The normalized spacial score (nSPS) is 17.9. The Morgan fingerprint density at radius 1 is 1.44 bits per heavy atom. The molecule has 0 bridgehead atoms. The molecular weight excluding hydrogens is 198 g/mol. The van der Waals surface area contributed by atoms with Gasteiger partial charge in [-0.3, -0.25) is 4.68 Å². The van der Waals surface area contributed by atoms with E-state index in [1.54, 1.807) is 0 Å². The Kier molecular flexibility index (Phi) is 1.89. The molecule has 0 radical (unpaired) electrons. The second-order valence-corrected chi connectivity index (χ2v) is 4.81. The van der Waals surface area contributed by atoms with E-state index in [4.69, 9.17) is 5.73 Å². The molecule has 3 heteroatoms. The highest BCUT2D eigenvalue weighted by Gasteiger charge is 2.40. The van der Waals surface area contributed by atoms with Crippen molar-refractivity contribution in [1.29, 1.82) is 0 Å². The van der Waals surface area contributed by atoms with Crippen LogP contribution in [0.25, 0.3) is 10.9 Å². The number of nitrogens with zero attached hydrogens (tertiary/aromatic N) is 2. The fraction of sp³-hybridized carbons (Fsp3) is 0.462. The summed E-state index contributed by atoms with van der Waals surface area (Å²) in [6, 6.07) is 6.49. The highest BCUT2D eigenvalue weighted by Crippen LogP contribution is 2.43. The van der Waals surface area contributed by atoms with Crippen molar-refractivity contribution in [3.63, 3.8) is 0 Å². The lowest BCUT2D eigenvalue weighted by Gasteiger charge is -2.08.